The van der Waals surface area contributed by atoms with E-state index in [1.54, 1.807) is 12.3 Å². The van der Waals surface area contributed by atoms with Gasteiger partial charge in [0.1, 0.15) is 5.02 Å². The Bertz CT molecular complexity index is 585. The summed E-state index contributed by atoms with van der Waals surface area (Å²) in [4.78, 5) is 10.7. The molecule has 0 bridgehead atoms. The van der Waals surface area contributed by atoms with Crippen molar-refractivity contribution in [3.63, 3.8) is 0 Å². The molecule has 4 nitrogen and oxygen atoms in total. The molecule has 22 heavy (non-hydrogen) atoms. The van der Waals surface area contributed by atoms with Crippen LogP contribution in [0.1, 0.15) is 18.4 Å². The molecule has 1 aliphatic heterocycles. The molecule has 0 aliphatic carbocycles. The second kappa shape index (κ2) is 7.56. The van der Waals surface area contributed by atoms with Crippen molar-refractivity contribution < 1.29 is 4.74 Å². The number of hydrogen-bond acceptors (Lipinski definition) is 4. The maximum absolute atomic E-state index is 6.05. The monoisotopic (exact) mass is 317 g/mol. The van der Waals surface area contributed by atoms with Crippen LogP contribution in [0.25, 0.3) is 0 Å². The highest BCUT2D eigenvalue weighted by Gasteiger charge is 2.20. The number of rotatable bonds is 5. The zero-order chi connectivity index (χ0) is 15.2. The molecule has 5 heteroatoms. The number of likely N-dealkylation sites (tertiary alicyclic amines) is 1. The number of hydrogen-bond donors (Lipinski definition) is 0. The van der Waals surface area contributed by atoms with E-state index in [2.05, 4.69) is 27.0 Å². The lowest BCUT2D eigenvalue weighted by Gasteiger charge is -2.31. The molecule has 1 saturated heterocycles. The summed E-state index contributed by atoms with van der Waals surface area (Å²) < 4.78 is 5.76. The second-order valence-corrected chi connectivity index (χ2v) is 6.08. The lowest BCUT2D eigenvalue weighted by Crippen LogP contribution is -2.35. The lowest BCUT2D eigenvalue weighted by atomic mass is 9.97. The van der Waals surface area contributed by atoms with Crippen molar-refractivity contribution in [1.82, 2.24) is 14.9 Å². The van der Waals surface area contributed by atoms with Gasteiger partial charge in [-0.2, -0.15) is 0 Å². The Labute approximate surface area is 136 Å². The highest BCUT2D eigenvalue weighted by molar-refractivity contribution is 6.31. The van der Waals surface area contributed by atoms with E-state index < -0.39 is 0 Å². The van der Waals surface area contributed by atoms with Crippen molar-refractivity contribution in [3.05, 3.63) is 53.4 Å². The number of ether oxygens (including phenoxy) is 1. The zero-order valence-electron chi connectivity index (χ0n) is 12.5. The van der Waals surface area contributed by atoms with Crippen LogP contribution in [0.2, 0.25) is 5.02 Å². The van der Waals surface area contributed by atoms with Gasteiger partial charge in [-0.15, -0.1) is 0 Å². The van der Waals surface area contributed by atoms with Gasteiger partial charge in [0.25, 0.3) is 0 Å². The maximum atomic E-state index is 6.05. The van der Waals surface area contributed by atoms with Crippen molar-refractivity contribution in [1.29, 1.82) is 0 Å². The Hall–Kier alpha value is -1.65. The predicted octanol–water partition coefficient (Wildman–Crippen LogP) is 3.42. The zero-order valence-corrected chi connectivity index (χ0v) is 13.2. The molecule has 0 N–H and O–H groups in total. The van der Waals surface area contributed by atoms with Gasteiger partial charge >= 0.3 is 0 Å². The first-order chi connectivity index (χ1) is 10.8. The molecule has 0 amide bonds. The summed E-state index contributed by atoms with van der Waals surface area (Å²) in [6.45, 7) is 3.90. The maximum Gasteiger partial charge on any atom is 0.232 e. The average Bonchev–Trinajstić information content (AvgIpc) is 2.56. The molecule has 2 aromatic rings. The Morgan fingerprint density at radius 2 is 1.91 bits per heavy atom. The molecule has 0 atom stereocenters. The van der Waals surface area contributed by atoms with Crippen LogP contribution in [-0.2, 0) is 6.54 Å². The van der Waals surface area contributed by atoms with E-state index in [1.807, 2.05) is 18.5 Å². The van der Waals surface area contributed by atoms with Crippen LogP contribution in [0, 0.1) is 5.92 Å². The van der Waals surface area contributed by atoms with Crippen LogP contribution in [0.4, 0.5) is 0 Å². The minimum atomic E-state index is 0.545. The quantitative estimate of drug-likeness (QED) is 0.847. The van der Waals surface area contributed by atoms with Crippen molar-refractivity contribution in [3.8, 4) is 5.88 Å². The number of nitrogens with zero attached hydrogens (tertiary/aromatic N) is 3. The van der Waals surface area contributed by atoms with Gasteiger partial charge in [-0.05, 0) is 61.7 Å². The molecule has 2 aromatic heterocycles. The largest absolute Gasteiger partial charge is 0.476 e. The third-order valence-corrected chi connectivity index (χ3v) is 4.33. The molecule has 0 spiro atoms. The van der Waals surface area contributed by atoms with E-state index in [4.69, 9.17) is 16.3 Å². The second-order valence-electron chi connectivity index (χ2n) is 5.68. The summed E-state index contributed by atoms with van der Waals surface area (Å²) in [5.41, 5.74) is 1.32. The van der Waals surface area contributed by atoms with Crippen LogP contribution >= 0.6 is 11.6 Å². The molecule has 3 rings (SSSR count). The molecule has 116 valence electrons. The van der Waals surface area contributed by atoms with E-state index in [-0.39, 0.29) is 0 Å². The molecule has 0 radical (unpaired) electrons. The SMILES string of the molecule is Clc1cccnc1OCC1CCN(Cc2ccncc2)CC1. The van der Waals surface area contributed by atoms with Crippen LogP contribution in [0.15, 0.2) is 42.9 Å². The average molecular weight is 318 g/mol. The third kappa shape index (κ3) is 4.18. The van der Waals surface area contributed by atoms with E-state index >= 15 is 0 Å². The molecule has 0 unspecified atom stereocenters. The standard InChI is InChI=1S/C17H20ClN3O/c18-16-2-1-7-20-17(16)22-13-15-5-10-21(11-6-15)12-14-3-8-19-9-4-14/h1-4,7-9,15H,5-6,10-13H2. The van der Waals surface area contributed by atoms with Gasteiger partial charge in [0.05, 0.1) is 6.61 Å². The van der Waals surface area contributed by atoms with Gasteiger partial charge in [-0.25, -0.2) is 4.98 Å². The third-order valence-electron chi connectivity index (χ3n) is 4.04. The highest BCUT2D eigenvalue weighted by Crippen LogP contribution is 2.23. The number of aromatic nitrogens is 2. The van der Waals surface area contributed by atoms with Crippen LogP contribution < -0.4 is 4.74 Å². The van der Waals surface area contributed by atoms with E-state index in [0.717, 1.165) is 32.5 Å². The Kier molecular flexibility index (Phi) is 5.24. The number of pyridine rings is 2. The first-order valence-electron chi connectivity index (χ1n) is 7.66. The van der Waals surface area contributed by atoms with Crippen molar-refractivity contribution >= 4 is 11.6 Å². The van der Waals surface area contributed by atoms with Crippen LogP contribution in [0.3, 0.4) is 0 Å². The lowest BCUT2D eigenvalue weighted by molar-refractivity contribution is 0.134. The fourth-order valence-corrected chi connectivity index (χ4v) is 2.91. The smallest absolute Gasteiger partial charge is 0.232 e. The topological polar surface area (TPSA) is 38.2 Å². The predicted molar refractivity (Wildman–Crippen MR) is 87.0 cm³/mol. The van der Waals surface area contributed by atoms with E-state index in [9.17, 15) is 0 Å². The van der Waals surface area contributed by atoms with Gasteiger partial charge in [-0.3, -0.25) is 9.88 Å². The molecule has 3 heterocycles. The number of piperidine rings is 1. The Balaban J connectivity index is 1.43. The molecular weight excluding hydrogens is 298 g/mol. The molecule has 1 fully saturated rings. The van der Waals surface area contributed by atoms with Crippen LogP contribution in [0.5, 0.6) is 5.88 Å². The minimum absolute atomic E-state index is 0.545. The number of halogens is 1. The van der Waals surface area contributed by atoms with Gasteiger partial charge < -0.3 is 4.74 Å². The summed E-state index contributed by atoms with van der Waals surface area (Å²) in [6.07, 6.45) is 7.71. The first kappa shape index (κ1) is 15.3. The van der Waals surface area contributed by atoms with Crippen molar-refractivity contribution in [2.75, 3.05) is 19.7 Å². The molecule has 0 saturated carbocycles. The molecular formula is C17H20ClN3O. The van der Waals surface area contributed by atoms with E-state index in [0.29, 0.717) is 23.4 Å². The van der Waals surface area contributed by atoms with Gasteiger partial charge in [-0.1, -0.05) is 11.6 Å². The van der Waals surface area contributed by atoms with Gasteiger partial charge in [0.15, 0.2) is 0 Å². The Morgan fingerprint density at radius 1 is 1.14 bits per heavy atom. The minimum Gasteiger partial charge on any atom is -0.476 e. The summed E-state index contributed by atoms with van der Waals surface area (Å²) in [5.74, 6) is 1.12. The Morgan fingerprint density at radius 3 is 2.64 bits per heavy atom. The van der Waals surface area contributed by atoms with Crippen molar-refractivity contribution in [2.24, 2.45) is 5.92 Å². The van der Waals surface area contributed by atoms with Crippen LogP contribution in [-0.4, -0.2) is 34.6 Å². The summed E-state index contributed by atoms with van der Waals surface area (Å²) >= 11 is 6.05. The molecule has 1 aliphatic rings. The van der Waals surface area contributed by atoms with Gasteiger partial charge in [0, 0.05) is 25.1 Å². The summed E-state index contributed by atoms with van der Waals surface area (Å²) in [6, 6.07) is 7.78. The van der Waals surface area contributed by atoms with Gasteiger partial charge in [0.2, 0.25) is 5.88 Å². The fourth-order valence-electron chi connectivity index (χ4n) is 2.73. The summed E-state index contributed by atoms with van der Waals surface area (Å²) in [7, 11) is 0. The fraction of sp³-hybridized carbons (Fsp3) is 0.412. The van der Waals surface area contributed by atoms with E-state index in [1.165, 1.54) is 5.56 Å². The highest BCUT2D eigenvalue weighted by atomic mass is 35.5. The van der Waals surface area contributed by atoms with Crippen molar-refractivity contribution in [2.45, 2.75) is 19.4 Å². The summed E-state index contributed by atoms with van der Waals surface area (Å²) in [5, 5.41) is 0.581. The first-order valence-corrected chi connectivity index (χ1v) is 8.03. The normalized spacial score (nSPS) is 16.6. The molecule has 0 aromatic carbocycles.